The standard InChI is InChI=1S/C12H17N/c1-10-9-12-6-3-2-5-11(12)7-4-8-13-10/h2-3,5-6,10,13H,4,7-9H2,1H3/t10-/m1/s1. The maximum absolute atomic E-state index is 3.53. The Hall–Kier alpha value is -0.820. The monoisotopic (exact) mass is 175 g/mol. The van der Waals surface area contributed by atoms with Gasteiger partial charge < -0.3 is 5.32 Å². The maximum atomic E-state index is 3.53. The summed E-state index contributed by atoms with van der Waals surface area (Å²) in [7, 11) is 0. The lowest BCUT2D eigenvalue weighted by molar-refractivity contribution is 0.518. The average Bonchev–Trinajstić information content (AvgIpc) is 2.11. The van der Waals surface area contributed by atoms with Gasteiger partial charge in [-0.15, -0.1) is 0 Å². The molecule has 1 aliphatic heterocycles. The van der Waals surface area contributed by atoms with Crippen LogP contribution in [0.1, 0.15) is 24.5 Å². The number of hydrogen-bond donors (Lipinski definition) is 1. The molecule has 70 valence electrons. The summed E-state index contributed by atoms with van der Waals surface area (Å²) in [5, 5.41) is 3.53. The van der Waals surface area contributed by atoms with E-state index in [-0.39, 0.29) is 0 Å². The zero-order valence-corrected chi connectivity index (χ0v) is 8.22. The molecule has 1 aromatic carbocycles. The Morgan fingerprint density at radius 2 is 2.00 bits per heavy atom. The minimum atomic E-state index is 0.626. The molecule has 0 saturated carbocycles. The molecule has 1 N–H and O–H groups in total. The van der Waals surface area contributed by atoms with Gasteiger partial charge in [-0.3, -0.25) is 0 Å². The first-order valence-corrected chi connectivity index (χ1v) is 5.16. The Kier molecular flexibility index (Phi) is 2.65. The fourth-order valence-corrected chi connectivity index (χ4v) is 2.03. The number of benzene rings is 1. The SMILES string of the molecule is C[C@@H]1Cc2ccccc2CCCN1. The summed E-state index contributed by atoms with van der Waals surface area (Å²) in [6.07, 6.45) is 3.67. The number of rotatable bonds is 0. The molecule has 1 atom stereocenters. The van der Waals surface area contributed by atoms with Crippen LogP contribution < -0.4 is 5.32 Å². The molecule has 0 unspecified atom stereocenters. The third-order valence-corrected chi connectivity index (χ3v) is 2.76. The van der Waals surface area contributed by atoms with E-state index in [2.05, 4.69) is 36.5 Å². The van der Waals surface area contributed by atoms with Gasteiger partial charge in [0, 0.05) is 6.04 Å². The lowest BCUT2D eigenvalue weighted by atomic mass is 9.96. The minimum Gasteiger partial charge on any atom is -0.314 e. The van der Waals surface area contributed by atoms with Crippen LogP contribution in [0.2, 0.25) is 0 Å². The summed E-state index contributed by atoms with van der Waals surface area (Å²) >= 11 is 0. The molecule has 0 aliphatic carbocycles. The van der Waals surface area contributed by atoms with Crippen molar-refractivity contribution in [1.82, 2.24) is 5.32 Å². The Labute approximate surface area is 80.2 Å². The second-order valence-corrected chi connectivity index (χ2v) is 3.93. The van der Waals surface area contributed by atoms with Crippen LogP contribution in [0.4, 0.5) is 0 Å². The van der Waals surface area contributed by atoms with Crippen molar-refractivity contribution in [2.24, 2.45) is 0 Å². The van der Waals surface area contributed by atoms with Crippen LogP contribution in [0, 0.1) is 0 Å². The van der Waals surface area contributed by atoms with Crippen molar-refractivity contribution in [2.45, 2.75) is 32.2 Å². The van der Waals surface area contributed by atoms with Gasteiger partial charge in [0.2, 0.25) is 0 Å². The fraction of sp³-hybridized carbons (Fsp3) is 0.500. The molecular weight excluding hydrogens is 158 g/mol. The van der Waals surface area contributed by atoms with Gasteiger partial charge in [-0.2, -0.15) is 0 Å². The zero-order valence-electron chi connectivity index (χ0n) is 8.22. The Balaban J connectivity index is 2.25. The molecule has 0 bridgehead atoms. The summed E-state index contributed by atoms with van der Waals surface area (Å²) < 4.78 is 0. The normalized spacial score (nSPS) is 23.0. The van der Waals surface area contributed by atoms with Gasteiger partial charge in [0.1, 0.15) is 0 Å². The van der Waals surface area contributed by atoms with Crippen LogP contribution in [0.25, 0.3) is 0 Å². The van der Waals surface area contributed by atoms with Crippen molar-refractivity contribution in [3.63, 3.8) is 0 Å². The topological polar surface area (TPSA) is 12.0 Å². The van der Waals surface area contributed by atoms with Gasteiger partial charge in [-0.1, -0.05) is 24.3 Å². The van der Waals surface area contributed by atoms with Crippen LogP contribution in [-0.4, -0.2) is 12.6 Å². The molecule has 0 fully saturated rings. The van der Waals surface area contributed by atoms with E-state index in [1.54, 1.807) is 5.56 Å². The predicted octanol–water partition coefficient (Wildman–Crippen LogP) is 2.15. The van der Waals surface area contributed by atoms with Gasteiger partial charge in [-0.05, 0) is 43.9 Å². The Morgan fingerprint density at radius 3 is 2.85 bits per heavy atom. The minimum absolute atomic E-state index is 0.626. The lowest BCUT2D eigenvalue weighted by Crippen LogP contribution is -2.31. The number of aryl methyl sites for hydroxylation is 1. The second-order valence-electron chi connectivity index (χ2n) is 3.93. The third kappa shape index (κ3) is 2.10. The summed E-state index contributed by atoms with van der Waals surface area (Å²) in [5.41, 5.74) is 3.08. The van der Waals surface area contributed by atoms with Gasteiger partial charge in [0.15, 0.2) is 0 Å². The Bertz CT molecular complexity index is 280. The molecule has 1 aliphatic rings. The van der Waals surface area contributed by atoms with Crippen molar-refractivity contribution in [3.8, 4) is 0 Å². The van der Waals surface area contributed by atoms with Crippen LogP contribution in [0.3, 0.4) is 0 Å². The van der Waals surface area contributed by atoms with E-state index in [1.807, 2.05) is 0 Å². The van der Waals surface area contributed by atoms with E-state index < -0.39 is 0 Å². The van der Waals surface area contributed by atoms with E-state index in [9.17, 15) is 0 Å². The molecule has 0 radical (unpaired) electrons. The van der Waals surface area contributed by atoms with Crippen molar-refractivity contribution in [1.29, 1.82) is 0 Å². The second kappa shape index (κ2) is 3.93. The highest BCUT2D eigenvalue weighted by atomic mass is 14.9. The van der Waals surface area contributed by atoms with Crippen molar-refractivity contribution in [3.05, 3.63) is 35.4 Å². The van der Waals surface area contributed by atoms with Crippen LogP contribution in [0.15, 0.2) is 24.3 Å². The van der Waals surface area contributed by atoms with E-state index >= 15 is 0 Å². The highest BCUT2D eigenvalue weighted by Crippen LogP contribution is 2.15. The Morgan fingerprint density at radius 1 is 1.23 bits per heavy atom. The first kappa shape index (κ1) is 8.76. The quantitative estimate of drug-likeness (QED) is 0.637. The zero-order chi connectivity index (χ0) is 9.10. The first-order valence-electron chi connectivity index (χ1n) is 5.16. The maximum Gasteiger partial charge on any atom is 0.00792 e. The average molecular weight is 175 g/mol. The smallest absolute Gasteiger partial charge is 0.00792 e. The van der Waals surface area contributed by atoms with Gasteiger partial charge >= 0.3 is 0 Å². The molecule has 0 saturated heterocycles. The van der Waals surface area contributed by atoms with Crippen molar-refractivity contribution in [2.75, 3.05) is 6.54 Å². The van der Waals surface area contributed by atoms with E-state index in [4.69, 9.17) is 0 Å². The molecule has 1 heterocycles. The number of hydrogen-bond acceptors (Lipinski definition) is 1. The van der Waals surface area contributed by atoms with Gasteiger partial charge in [0.25, 0.3) is 0 Å². The number of nitrogens with one attached hydrogen (secondary N) is 1. The molecule has 13 heavy (non-hydrogen) atoms. The molecule has 2 rings (SSSR count). The van der Waals surface area contributed by atoms with Crippen molar-refractivity contribution >= 4 is 0 Å². The number of fused-ring (bicyclic) bond motifs is 1. The molecule has 1 nitrogen and oxygen atoms in total. The van der Waals surface area contributed by atoms with Crippen LogP contribution in [-0.2, 0) is 12.8 Å². The lowest BCUT2D eigenvalue weighted by Gasteiger charge is -2.19. The van der Waals surface area contributed by atoms with Crippen LogP contribution >= 0.6 is 0 Å². The molecule has 1 aromatic rings. The van der Waals surface area contributed by atoms with Crippen LogP contribution in [0.5, 0.6) is 0 Å². The van der Waals surface area contributed by atoms with E-state index in [0.29, 0.717) is 6.04 Å². The summed E-state index contributed by atoms with van der Waals surface area (Å²) in [6, 6.07) is 9.46. The molecule has 0 spiro atoms. The molecule has 0 aromatic heterocycles. The van der Waals surface area contributed by atoms with Gasteiger partial charge in [-0.25, -0.2) is 0 Å². The summed E-state index contributed by atoms with van der Waals surface area (Å²) in [4.78, 5) is 0. The molecule has 1 heteroatoms. The van der Waals surface area contributed by atoms with E-state index in [1.165, 1.54) is 24.8 Å². The highest BCUT2D eigenvalue weighted by molar-refractivity contribution is 5.28. The van der Waals surface area contributed by atoms with Gasteiger partial charge in [0.05, 0.1) is 0 Å². The molecular formula is C12H17N. The first-order chi connectivity index (χ1) is 6.36. The van der Waals surface area contributed by atoms with E-state index in [0.717, 1.165) is 6.54 Å². The van der Waals surface area contributed by atoms with Crippen molar-refractivity contribution < 1.29 is 0 Å². The largest absolute Gasteiger partial charge is 0.314 e. The fourth-order valence-electron chi connectivity index (χ4n) is 2.03. The summed E-state index contributed by atoms with van der Waals surface area (Å²) in [6.45, 7) is 3.43. The summed E-state index contributed by atoms with van der Waals surface area (Å²) in [5.74, 6) is 0. The highest BCUT2D eigenvalue weighted by Gasteiger charge is 2.09. The molecule has 0 amide bonds. The predicted molar refractivity (Wildman–Crippen MR) is 55.9 cm³/mol. The third-order valence-electron chi connectivity index (χ3n) is 2.76.